The molecule has 1 N–H and O–H groups in total. The highest BCUT2D eigenvalue weighted by molar-refractivity contribution is 5.25. The first-order valence-electron chi connectivity index (χ1n) is 5.90. The molecule has 2 rings (SSSR count). The average molecular weight is 204 g/mol. The van der Waals surface area contributed by atoms with E-state index in [1.807, 2.05) is 12.4 Å². The monoisotopic (exact) mass is 204 g/mol. The summed E-state index contributed by atoms with van der Waals surface area (Å²) < 4.78 is 0. The number of aryl methyl sites for hydroxylation is 1. The largest absolute Gasteiger partial charge is 0.317 e. The molecule has 2 heterocycles. The van der Waals surface area contributed by atoms with Gasteiger partial charge in [-0.2, -0.15) is 0 Å². The maximum atomic E-state index is 4.25. The lowest BCUT2D eigenvalue weighted by molar-refractivity contribution is 0.329. The van der Waals surface area contributed by atoms with E-state index in [0.717, 1.165) is 5.92 Å². The smallest absolute Gasteiger partial charge is 0.0305 e. The number of pyridine rings is 1. The molecule has 0 amide bonds. The summed E-state index contributed by atoms with van der Waals surface area (Å²) in [5, 5.41) is 3.42. The second kappa shape index (κ2) is 4.75. The lowest BCUT2D eigenvalue weighted by Gasteiger charge is -2.29. The molecule has 0 spiro atoms. The van der Waals surface area contributed by atoms with Gasteiger partial charge >= 0.3 is 0 Å². The second-order valence-corrected chi connectivity index (χ2v) is 4.61. The van der Waals surface area contributed by atoms with Crippen LogP contribution in [0, 0.1) is 12.8 Å². The Morgan fingerprint density at radius 1 is 1.40 bits per heavy atom. The van der Waals surface area contributed by atoms with Crippen molar-refractivity contribution in [2.45, 2.75) is 32.6 Å². The van der Waals surface area contributed by atoms with E-state index in [1.165, 1.54) is 37.1 Å². The van der Waals surface area contributed by atoms with Gasteiger partial charge in [0, 0.05) is 12.4 Å². The van der Waals surface area contributed by atoms with Crippen molar-refractivity contribution in [3.8, 4) is 0 Å². The molecule has 0 saturated carbocycles. The third-order valence-corrected chi connectivity index (χ3v) is 3.66. The first-order valence-corrected chi connectivity index (χ1v) is 5.90. The molecular weight excluding hydrogens is 184 g/mol. The summed E-state index contributed by atoms with van der Waals surface area (Å²) in [5.74, 6) is 1.48. The summed E-state index contributed by atoms with van der Waals surface area (Å²) >= 11 is 0. The molecule has 0 radical (unpaired) electrons. The Labute approximate surface area is 92.1 Å². The molecule has 1 fully saturated rings. The molecule has 0 bridgehead atoms. The summed E-state index contributed by atoms with van der Waals surface area (Å²) in [6, 6.07) is 2.12. The third-order valence-electron chi connectivity index (χ3n) is 3.66. The van der Waals surface area contributed by atoms with E-state index in [2.05, 4.69) is 30.2 Å². The SMILES string of the molecule is Cc1ccncc1C(C)C1CCNCC1. The lowest BCUT2D eigenvalue weighted by Crippen LogP contribution is -2.30. The van der Waals surface area contributed by atoms with E-state index in [-0.39, 0.29) is 0 Å². The highest BCUT2D eigenvalue weighted by atomic mass is 14.9. The summed E-state index contributed by atoms with van der Waals surface area (Å²) in [7, 11) is 0. The predicted octanol–water partition coefficient (Wildman–Crippen LogP) is 2.49. The minimum Gasteiger partial charge on any atom is -0.317 e. The Balaban J connectivity index is 2.12. The Morgan fingerprint density at radius 2 is 2.13 bits per heavy atom. The van der Waals surface area contributed by atoms with Crippen LogP contribution in [0.1, 0.15) is 36.8 Å². The van der Waals surface area contributed by atoms with Gasteiger partial charge in [0.2, 0.25) is 0 Å². The normalized spacial score (nSPS) is 20.1. The van der Waals surface area contributed by atoms with Gasteiger partial charge in [0.05, 0.1) is 0 Å². The fourth-order valence-corrected chi connectivity index (χ4v) is 2.55. The van der Waals surface area contributed by atoms with Gasteiger partial charge in [-0.25, -0.2) is 0 Å². The summed E-state index contributed by atoms with van der Waals surface area (Å²) in [6.07, 6.45) is 6.53. The van der Waals surface area contributed by atoms with Crippen molar-refractivity contribution in [2.75, 3.05) is 13.1 Å². The van der Waals surface area contributed by atoms with E-state index >= 15 is 0 Å². The molecule has 1 aromatic rings. The van der Waals surface area contributed by atoms with Crippen molar-refractivity contribution in [1.29, 1.82) is 0 Å². The van der Waals surface area contributed by atoms with Crippen LogP contribution in [0.25, 0.3) is 0 Å². The average Bonchev–Trinajstić information content (AvgIpc) is 2.30. The van der Waals surface area contributed by atoms with Gasteiger partial charge in [0.25, 0.3) is 0 Å². The van der Waals surface area contributed by atoms with Crippen LogP contribution in [0.4, 0.5) is 0 Å². The van der Waals surface area contributed by atoms with Crippen molar-refractivity contribution in [3.05, 3.63) is 29.6 Å². The van der Waals surface area contributed by atoms with Crippen LogP contribution in [0.2, 0.25) is 0 Å². The van der Waals surface area contributed by atoms with E-state index in [1.54, 1.807) is 0 Å². The highest BCUT2D eigenvalue weighted by Crippen LogP contribution is 2.31. The van der Waals surface area contributed by atoms with Crippen LogP contribution in [-0.2, 0) is 0 Å². The number of nitrogens with one attached hydrogen (secondary N) is 1. The molecule has 0 aliphatic carbocycles. The van der Waals surface area contributed by atoms with Crippen LogP contribution in [0.3, 0.4) is 0 Å². The fourth-order valence-electron chi connectivity index (χ4n) is 2.55. The van der Waals surface area contributed by atoms with E-state index in [9.17, 15) is 0 Å². The van der Waals surface area contributed by atoms with Gasteiger partial charge in [-0.05, 0) is 61.9 Å². The zero-order chi connectivity index (χ0) is 10.7. The van der Waals surface area contributed by atoms with Crippen molar-refractivity contribution < 1.29 is 0 Å². The quantitative estimate of drug-likeness (QED) is 0.800. The van der Waals surface area contributed by atoms with Gasteiger partial charge in [-0.1, -0.05) is 6.92 Å². The first-order chi connectivity index (χ1) is 7.29. The van der Waals surface area contributed by atoms with Crippen molar-refractivity contribution in [3.63, 3.8) is 0 Å². The zero-order valence-corrected chi connectivity index (χ0v) is 9.66. The maximum Gasteiger partial charge on any atom is 0.0305 e. The van der Waals surface area contributed by atoms with Gasteiger partial charge < -0.3 is 5.32 Å². The molecule has 1 aliphatic heterocycles. The van der Waals surface area contributed by atoms with Crippen LogP contribution in [0.5, 0.6) is 0 Å². The van der Waals surface area contributed by atoms with Crippen LogP contribution >= 0.6 is 0 Å². The van der Waals surface area contributed by atoms with E-state index < -0.39 is 0 Å². The van der Waals surface area contributed by atoms with Crippen LogP contribution in [0.15, 0.2) is 18.5 Å². The topological polar surface area (TPSA) is 24.9 Å². The molecule has 1 saturated heterocycles. The van der Waals surface area contributed by atoms with E-state index in [0.29, 0.717) is 5.92 Å². The van der Waals surface area contributed by atoms with Crippen molar-refractivity contribution in [2.24, 2.45) is 5.92 Å². The molecule has 82 valence electrons. The standard InChI is InChI=1S/C13H20N2/c1-10-3-6-15-9-13(10)11(2)12-4-7-14-8-5-12/h3,6,9,11-12,14H,4-5,7-8H2,1-2H3. The van der Waals surface area contributed by atoms with Gasteiger partial charge in [-0.3, -0.25) is 4.98 Å². The zero-order valence-electron chi connectivity index (χ0n) is 9.66. The second-order valence-electron chi connectivity index (χ2n) is 4.61. The Bertz CT molecular complexity index is 316. The van der Waals surface area contributed by atoms with Gasteiger partial charge in [-0.15, -0.1) is 0 Å². The van der Waals surface area contributed by atoms with Crippen molar-refractivity contribution >= 4 is 0 Å². The summed E-state index contributed by atoms with van der Waals surface area (Å²) in [4.78, 5) is 4.25. The molecule has 1 aliphatic rings. The third kappa shape index (κ3) is 2.37. The molecule has 2 nitrogen and oxygen atoms in total. The summed E-state index contributed by atoms with van der Waals surface area (Å²) in [5.41, 5.74) is 2.82. The molecule has 1 unspecified atom stereocenters. The molecule has 1 aromatic heterocycles. The van der Waals surface area contributed by atoms with Crippen molar-refractivity contribution in [1.82, 2.24) is 10.3 Å². The molecule has 15 heavy (non-hydrogen) atoms. The Hall–Kier alpha value is -0.890. The fraction of sp³-hybridized carbons (Fsp3) is 0.615. The maximum absolute atomic E-state index is 4.25. The van der Waals surface area contributed by atoms with Crippen LogP contribution < -0.4 is 5.32 Å². The Kier molecular flexibility index (Phi) is 3.37. The molecule has 1 atom stereocenters. The van der Waals surface area contributed by atoms with Gasteiger partial charge in [0.15, 0.2) is 0 Å². The number of aromatic nitrogens is 1. The van der Waals surface area contributed by atoms with Crippen LogP contribution in [-0.4, -0.2) is 18.1 Å². The predicted molar refractivity (Wildman–Crippen MR) is 63.0 cm³/mol. The number of rotatable bonds is 2. The minimum atomic E-state index is 0.654. The van der Waals surface area contributed by atoms with Gasteiger partial charge in [0.1, 0.15) is 0 Å². The molecule has 0 aromatic carbocycles. The number of nitrogens with zero attached hydrogens (tertiary/aromatic N) is 1. The summed E-state index contributed by atoms with van der Waals surface area (Å²) in [6.45, 7) is 6.89. The Morgan fingerprint density at radius 3 is 2.80 bits per heavy atom. The lowest BCUT2D eigenvalue weighted by atomic mass is 9.81. The molecular formula is C13H20N2. The molecule has 2 heteroatoms. The number of hydrogen-bond acceptors (Lipinski definition) is 2. The first kappa shape index (κ1) is 10.6. The highest BCUT2D eigenvalue weighted by Gasteiger charge is 2.22. The minimum absolute atomic E-state index is 0.654. The van der Waals surface area contributed by atoms with E-state index in [4.69, 9.17) is 0 Å². The number of hydrogen-bond donors (Lipinski definition) is 1. The number of piperidine rings is 1.